The van der Waals surface area contributed by atoms with E-state index < -0.39 is 0 Å². The smallest absolute Gasteiger partial charge is 0.134 e. The molecule has 2 heteroatoms. The van der Waals surface area contributed by atoms with Gasteiger partial charge in [-0.2, -0.15) is 0 Å². The van der Waals surface area contributed by atoms with Crippen LogP contribution in [0.5, 0.6) is 0 Å². The van der Waals surface area contributed by atoms with Gasteiger partial charge in [0, 0.05) is 10.9 Å². The Kier molecular flexibility index (Phi) is 3.11. The molecule has 1 unspecified atom stereocenters. The average Bonchev–Trinajstić information content (AvgIpc) is 2.79. The number of aryl methyl sites for hydroxylation is 3. The third kappa shape index (κ3) is 2.02. The minimum Gasteiger partial charge on any atom is -0.459 e. The molecule has 2 nitrogen and oxygen atoms in total. The molecule has 102 valence electrons. The third-order valence-electron chi connectivity index (χ3n) is 3.93. The van der Waals surface area contributed by atoms with Crippen molar-refractivity contribution in [3.63, 3.8) is 0 Å². The Hall–Kier alpha value is -2.06. The fraction of sp³-hybridized carbons (Fsp3) is 0.222. The summed E-state index contributed by atoms with van der Waals surface area (Å²) in [6.45, 7) is 6.25. The summed E-state index contributed by atoms with van der Waals surface area (Å²) < 4.78 is 5.98. The summed E-state index contributed by atoms with van der Waals surface area (Å²) in [4.78, 5) is 0. The van der Waals surface area contributed by atoms with E-state index in [2.05, 4.69) is 45.0 Å². The predicted molar refractivity (Wildman–Crippen MR) is 82.9 cm³/mol. The Labute approximate surface area is 119 Å². The Balaban J connectivity index is 2.15. The molecule has 2 N–H and O–H groups in total. The maximum Gasteiger partial charge on any atom is 0.134 e. The van der Waals surface area contributed by atoms with E-state index in [1.165, 1.54) is 11.1 Å². The summed E-state index contributed by atoms with van der Waals surface area (Å²) in [6.07, 6.45) is 0. The predicted octanol–water partition coefficient (Wildman–Crippen LogP) is 4.41. The maximum absolute atomic E-state index is 6.46. The van der Waals surface area contributed by atoms with Crippen molar-refractivity contribution in [3.05, 3.63) is 70.5 Å². The van der Waals surface area contributed by atoms with Gasteiger partial charge in [-0.25, -0.2) is 0 Å². The van der Waals surface area contributed by atoms with Gasteiger partial charge in [0.2, 0.25) is 0 Å². The van der Waals surface area contributed by atoms with Crippen molar-refractivity contribution in [2.75, 3.05) is 0 Å². The van der Waals surface area contributed by atoms with Crippen molar-refractivity contribution in [3.8, 4) is 0 Å². The summed E-state index contributed by atoms with van der Waals surface area (Å²) in [5.74, 6) is 0.861. The van der Waals surface area contributed by atoms with Crippen LogP contribution in [-0.4, -0.2) is 0 Å². The van der Waals surface area contributed by atoms with E-state index in [0.717, 1.165) is 27.9 Å². The van der Waals surface area contributed by atoms with Crippen LogP contribution < -0.4 is 5.73 Å². The number of fused-ring (bicyclic) bond motifs is 1. The molecule has 1 aromatic heterocycles. The molecule has 0 saturated heterocycles. The van der Waals surface area contributed by atoms with Gasteiger partial charge >= 0.3 is 0 Å². The largest absolute Gasteiger partial charge is 0.459 e. The quantitative estimate of drug-likeness (QED) is 0.745. The average molecular weight is 265 g/mol. The van der Waals surface area contributed by atoms with Crippen LogP contribution in [0.15, 0.2) is 46.9 Å². The van der Waals surface area contributed by atoms with Crippen molar-refractivity contribution in [1.82, 2.24) is 0 Å². The van der Waals surface area contributed by atoms with Crippen molar-refractivity contribution < 1.29 is 4.42 Å². The molecule has 0 aliphatic heterocycles. The van der Waals surface area contributed by atoms with E-state index in [-0.39, 0.29) is 6.04 Å². The normalized spacial score (nSPS) is 12.8. The Morgan fingerprint density at radius 3 is 2.50 bits per heavy atom. The van der Waals surface area contributed by atoms with Crippen LogP contribution in [0.1, 0.15) is 34.1 Å². The molecule has 3 aromatic rings. The minimum atomic E-state index is -0.220. The van der Waals surface area contributed by atoms with Gasteiger partial charge < -0.3 is 10.2 Å². The Bertz CT molecular complexity index is 770. The highest BCUT2D eigenvalue weighted by Gasteiger charge is 2.19. The molecule has 0 amide bonds. The summed E-state index contributed by atoms with van der Waals surface area (Å²) in [6, 6.07) is 14.2. The lowest BCUT2D eigenvalue weighted by Crippen LogP contribution is -2.13. The van der Waals surface area contributed by atoms with Gasteiger partial charge in [-0.15, -0.1) is 0 Å². The van der Waals surface area contributed by atoms with Gasteiger partial charge in [-0.3, -0.25) is 0 Å². The van der Waals surface area contributed by atoms with Crippen LogP contribution in [0.4, 0.5) is 0 Å². The SMILES string of the molecule is Cc1ccc(C)c(C(N)c2oc3ccccc3c2C)c1. The van der Waals surface area contributed by atoms with Gasteiger partial charge in [-0.1, -0.05) is 42.0 Å². The molecule has 0 fully saturated rings. The van der Waals surface area contributed by atoms with E-state index in [1.54, 1.807) is 0 Å². The molecule has 0 aliphatic rings. The molecule has 0 bridgehead atoms. The van der Waals surface area contributed by atoms with E-state index in [9.17, 15) is 0 Å². The second-order valence-electron chi connectivity index (χ2n) is 5.43. The van der Waals surface area contributed by atoms with Crippen molar-refractivity contribution in [2.45, 2.75) is 26.8 Å². The fourth-order valence-corrected chi connectivity index (χ4v) is 2.73. The van der Waals surface area contributed by atoms with E-state index in [0.29, 0.717) is 0 Å². The first kappa shape index (κ1) is 12.9. The highest BCUT2D eigenvalue weighted by atomic mass is 16.3. The van der Waals surface area contributed by atoms with Crippen LogP contribution in [0.25, 0.3) is 11.0 Å². The Morgan fingerprint density at radius 2 is 1.75 bits per heavy atom. The zero-order valence-corrected chi connectivity index (χ0v) is 12.1. The maximum atomic E-state index is 6.46. The number of benzene rings is 2. The van der Waals surface area contributed by atoms with Crippen molar-refractivity contribution >= 4 is 11.0 Å². The lowest BCUT2D eigenvalue weighted by Gasteiger charge is -2.14. The number of nitrogens with two attached hydrogens (primary N) is 1. The molecule has 20 heavy (non-hydrogen) atoms. The van der Waals surface area contributed by atoms with Gasteiger partial charge in [-0.05, 0) is 38.0 Å². The zero-order valence-electron chi connectivity index (χ0n) is 12.1. The van der Waals surface area contributed by atoms with Crippen molar-refractivity contribution in [1.29, 1.82) is 0 Å². The number of rotatable bonds is 2. The zero-order chi connectivity index (χ0) is 14.3. The van der Waals surface area contributed by atoms with Crippen LogP contribution in [0.2, 0.25) is 0 Å². The number of furan rings is 1. The van der Waals surface area contributed by atoms with Crippen LogP contribution in [0.3, 0.4) is 0 Å². The van der Waals surface area contributed by atoms with Crippen molar-refractivity contribution in [2.24, 2.45) is 5.73 Å². The van der Waals surface area contributed by atoms with Gasteiger partial charge in [0.05, 0.1) is 6.04 Å². The molecule has 2 aromatic carbocycles. The second kappa shape index (κ2) is 4.80. The number of hydrogen-bond donors (Lipinski definition) is 1. The monoisotopic (exact) mass is 265 g/mol. The molecule has 1 atom stereocenters. The molecule has 0 aliphatic carbocycles. The molecular formula is C18H19NO. The first-order valence-electron chi connectivity index (χ1n) is 6.88. The minimum absolute atomic E-state index is 0.220. The second-order valence-corrected chi connectivity index (χ2v) is 5.43. The fourth-order valence-electron chi connectivity index (χ4n) is 2.73. The number of hydrogen-bond acceptors (Lipinski definition) is 2. The molecule has 0 radical (unpaired) electrons. The highest BCUT2D eigenvalue weighted by molar-refractivity contribution is 5.82. The first-order valence-corrected chi connectivity index (χ1v) is 6.88. The summed E-state index contributed by atoms with van der Waals surface area (Å²) >= 11 is 0. The summed E-state index contributed by atoms with van der Waals surface area (Å²) in [5.41, 5.74) is 12.0. The Morgan fingerprint density at radius 1 is 1.00 bits per heavy atom. The first-order chi connectivity index (χ1) is 9.58. The number of para-hydroxylation sites is 1. The summed E-state index contributed by atoms with van der Waals surface area (Å²) in [5, 5.41) is 1.14. The topological polar surface area (TPSA) is 39.2 Å². The molecule has 0 saturated carbocycles. The molecule has 0 spiro atoms. The van der Waals surface area contributed by atoms with Crippen LogP contribution >= 0.6 is 0 Å². The summed E-state index contributed by atoms with van der Waals surface area (Å²) in [7, 11) is 0. The van der Waals surface area contributed by atoms with E-state index in [4.69, 9.17) is 10.2 Å². The van der Waals surface area contributed by atoms with Gasteiger partial charge in [0.1, 0.15) is 11.3 Å². The van der Waals surface area contributed by atoms with Crippen LogP contribution in [0, 0.1) is 20.8 Å². The molecular weight excluding hydrogens is 246 g/mol. The van der Waals surface area contributed by atoms with Gasteiger partial charge in [0.15, 0.2) is 0 Å². The lowest BCUT2D eigenvalue weighted by molar-refractivity contribution is 0.520. The van der Waals surface area contributed by atoms with Crippen LogP contribution in [-0.2, 0) is 0 Å². The van der Waals surface area contributed by atoms with E-state index >= 15 is 0 Å². The lowest BCUT2D eigenvalue weighted by atomic mass is 9.96. The van der Waals surface area contributed by atoms with Gasteiger partial charge in [0.25, 0.3) is 0 Å². The molecule has 3 rings (SSSR count). The molecule has 1 heterocycles. The van der Waals surface area contributed by atoms with E-state index in [1.807, 2.05) is 18.2 Å². The third-order valence-corrected chi connectivity index (χ3v) is 3.93. The standard InChI is InChI=1S/C18H19NO/c1-11-8-9-12(2)15(10-11)17(19)18-13(3)14-6-4-5-7-16(14)20-18/h4-10,17H,19H2,1-3H3. The highest BCUT2D eigenvalue weighted by Crippen LogP contribution is 2.32.